The molecule has 0 N–H and O–H groups in total. The van der Waals surface area contributed by atoms with Gasteiger partial charge in [-0.15, -0.1) is 0 Å². The molecule has 0 saturated carbocycles. The molecule has 0 aliphatic carbocycles. The van der Waals surface area contributed by atoms with Crippen LogP contribution in [-0.2, 0) is 23.5 Å². The summed E-state index contributed by atoms with van der Waals surface area (Å²) in [6.45, 7) is 1.98. The van der Waals surface area contributed by atoms with Gasteiger partial charge in [0.15, 0.2) is 5.69 Å². The van der Waals surface area contributed by atoms with Crippen molar-refractivity contribution < 1.29 is 23.0 Å². The zero-order valence-corrected chi connectivity index (χ0v) is 14.8. The number of carbonyl (C=O) groups excluding carboxylic acids is 1. The molecule has 1 aromatic carbocycles. The van der Waals surface area contributed by atoms with Crippen molar-refractivity contribution in [3.63, 3.8) is 0 Å². The number of nitrogens with zero attached hydrogens (tertiary/aromatic N) is 2. The molecule has 0 spiro atoms. The Morgan fingerprint density at radius 3 is 2.72 bits per heavy atom. The Balaban J connectivity index is 1.98. The number of carbonyl (C=O) groups is 1. The first-order valence-corrected chi connectivity index (χ1v) is 9.06. The van der Waals surface area contributed by atoms with Crippen molar-refractivity contribution in [2.45, 2.75) is 25.6 Å². The summed E-state index contributed by atoms with van der Waals surface area (Å²) in [5.74, 6) is -0.280. The van der Waals surface area contributed by atoms with Crippen LogP contribution in [0.25, 0.3) is 0 Å². The molecule has 8 heteroatoms. The van der Waals surface area contributed by atoms with Gasteiger partial charge in [-0.05, 0) is 19.1 Å². The standard InChI is InChI=1S/C17H18F2N2O3S/c1-3-24-10-6-13(18)11(14(19)7-10)8-21-15-4-5-25-9-12(15)16(20-21)17(22)23-2/h6-7H,3-5,8-9H2,1-2H3. The molecule has 2 heterocycles. The lowest BCUT2D eigenvalue weighted by molar-refractivity contribution is 0.0592. The van der Waals surface area contributed by atoms with Gasteiger partial charge in [-0.25, -0.2) is 13.6 Å². The fourth-order valence-corrected chi connectivity index (χ4v) is 3.82. The summed E-state index contributed by atoms with van der Waals surface area (Å²) in [5.41, 5.74) is 1.72. The summed E-state index contributed by atoms with van der Waals surface area (Å²) in [6, 6.07) is 2.32. The Labute approximate surface area is 148 Å². The highest BCUT2D eigenvalue weighted by molar-refractivity contribution is 7.98. The van der Waals surface area contributed by atoms with Crippen molar-refractivity contribution in [2.24, 2.45) is 0 Å². The molecule has 1 aliphatic rings. The Bertz CT molecular complexity index is 784. The number of rotatable bonds is 5. The second-order valence-corrected chi connectivity index (χ2v) is 6.63. The summed E-state index contributed by atoms with van der Waals surface area (Å²) < 4.78 is 40.1. The van der Waals surface area contributed by atoms with Crippen LogP contribution in [0.2, 0.25) is 0 Å². The van der Waals surface area contributed by atoms with Crippen molar-refractivity contribution in [1.29, 1.82) is 0 Å². The van der Waals surface area contributed by atoms with Gasteiger partial charge in [0, 0.05) is 34.7 Å². The number of halogens is 2. The van der Waals surface area contributed by atoms with Crippen LogP contribution in [0.15, 0.2) is 12.1 Å². The number of esters is 1. The van der Waals surface area contributed by atoms with E-state index in [0.717, 1.165) is 29.1 Å². The predicted molar refractivity (Wildman–Crippen MR) is 90.1 cm³/mol. The van der Waals surface area contributed by atoms with E-state index in [0.29, 0.717) is 18.8 Å². The van der Waals surface area contributed by atoms with E-state index in [1.807, 2.05) is 0 Å². The van der Waals surface area contributed by atoms with E-state index in [4.69, 9.17) is 9.47 Å². The minimum absolute atomic E-state index is 0.0892. The fourth-order valence-electron chi connectivity index (χ4n) is 2.83. The average molecular weight is 368 g/mol. The first-order valence-electron chi connectivity index (χ1n) is 7.90. The molecule has 0 atom stereocenters. The highest BCUT2D eigenvalue weighted by Gasteiger charge is 2.26. The molecule has 25 heavy (non-hydrogen) atoms. The van der Waals surface area contributed by atoms with Crippen LogP contribution >= 0.6 is 11.8 Å². The zero-order chi connectivity index (χ0) is 18.0. The van der Waals surface area contributed by atoms with Gasteiger partial charge in [-0.2, -0.15) is 16.9 Å². The Morgan fingerprint density at radius 2 is 2.08 bits per heavy atom. The van der Waals surface area contributed by atoms with E-state index in [-0.39, 0.29) is 23.6 Å². The summed E-state index contributed by atoms with van der Waals surface area (Å²) in [5, 5.41) is 4.26. The molecular weight excluding hydrogens is 350 g/mol. The average Bonchev–Trinajstić information content (AvgIpc) is 2.96. The van der Waals surface area contributed by atoms with E-state index in [1.54, 1.807) is 18.7 Å². The topological polar surface area (TPSA) is 53.4 Å². The van der Waals surface area contributed by atoms with E-state index in [2.05, 4.69) is 5.10 Å². The number of ether oxygens (including phenoxy) is 2. The fraction of sp³-hybridized carbons (Fsp3) is 0.412. The summed E-state index contributed by atoms with van der Waals surface area (Å²) in [7, 11) is 1.29. The van der Waals surface area contributed by atoms with Gasteiger partial charge in [0.1, 0.15) is 17.4 Å². The zero-order valence-electron chi connectivity index (χ0n) is 14.0. The SMILES string of the molecule is CCOc1cc(F)c(Cn2nc(C(=O)OC)c3c2CCSC3)c(F)c1. The number of hydrogen-bond donors (Lipinski definition) is 0. The van der Waals surface area contributed by atoms with Crippen molar-refractivity contribution >= 4 is 17.7 Å². The van der Waals surface area contributed by atoms with Crippen LogP contribution in [0.4, 0.5) is 8.78 Å². The van der Waals surface area contributed by atoms with Crippen LogP contribution in [0.3, 0.4) is 0 Å². The van der Waals surface area contributed by atoms with Gasteiger partial charge in [0.25, 0.3) is 0 Å². The maximum atomic E-state index is 14.3. The molecule has 0 amide bonds. The number of thioether (sulfide) groups is 1. The lowest BCUT2D eigenvalue weighted by Crippen LogP contribution is -2.13. The van der Waals surface area contributed by atoms with E-state index in [1.165, 1.54) is 11.8 Å². The Hall–Kier alpha value is -2.09. The number of aromatic nitrogens is 2. The molecule has 2 aromatic rings. The smallest absolute Gasteiger partial charge is 0.358 e. The lowest BCUT2D eigenvalue weighted by atomic mass is 10.1. The molecule has 0 fully saturated rings. The predicted octanol–water partition coefficient (Wildman–Crippen LogP) is 3.18. The lowest BCUT2D eigenvalue weighted by Gasteiger charge is -2.15. The quantitative estimate of drug-likeness (QED) is 0.759. The van der Waals surface area contributed by atoms with Gasteiger partial charge in [-0.3, -0.25) is 4.68 Å². The number of hydrogen-bond acceptors (Lipinski definition) is 5. The van der Waals surface area contributed by atoms with Crippen LogP contribution < -0.4 is 4.74 Å². The van der Waals surface area contributed by atoms with Crippen molar-refractivity contribution in [3.8, 4) is 5.75 Å². The number of benzene rings is 1. The Kier molecular flexibility index (Phi) is 5.27. The minimum atomic E-state index is -0.697. The first kappa shape index (κ1) is 17.7. The summed E-state index contributed by atoms with van der Waals surface area (Å²) in [6.07, 6.45) is 0.685. The molecule has 134 valence electrons. The van der Waals surface area contributed by atoms with Gasteiger partial charge >= 0.3 is 5.97 Å². The van der Waals surface area contributed by atoms with Gasteiger partial charge in [0.05, 0.1) is 20.3 Å². The van der Waals surface area contributed by atoms with Gasteiger partial charge in [0.2, 0.25) is 0 Å². The molecule has 0 bridgehead atoms. The summed E-state index contributed by atoms with van der Waals surface area (Å²) >= 11 is 1.69. The van der Waals surface area contributed by atoms with Crippen LogP contribution in [-0.4, -0.2) is 35.2 Å². The van der Waals surface area contributed by atoms with Crippen molar-refractivity contribution in [2.75, 3.05) is 19.5 Å². The monoisotopic (exact) mass is 368 g/mol. The van der Waals surface area contributed by atoms with Crippen LogP contribution in [0.1, 0.15) is 34.2 Å². The summed E-state index contributed by atoms with van der Waals surface area (Å²) in [4.78, 5) is 11.9. The maximum Gasteiger partial charge on any atom is 0.358 e. The third-order valence-electron chi connectivity index (χ3n) is 4.01. The second kappa shape index (κ2) is 7.43. The largest absolute Gasteiger partial charge is 0.494 e. The number of methoxy groups -OCH3 is 1. The molecule has 0 unspecified atom stereocenters. The number of fused-ring (bicyclic) bond motifs is 1. The van der Waals surface area contributed by atoms with Crippen LogP contribution in [0, 0.1) is 11.6 Å². The third kappa shape index (κ3) is 3.49. The van der Waals surface area contributed by atoms with Crippen LogP contribution in [0.5, 0.6) is 5.75 Å². The molecule has 1 aliphatic heterocycles. The molecule has 1 aromatic heterocycles. The highest BCUT2D eigenvalue weighted by Crippen LogP contribution is 2.29. The second-order valence-electron chi connectivity index (χ2n) is 5.52. The molecule has 0 radical (unpaired) electrons. The van der Waals surface area contributed by atoms with E-state index >= 15 is 0 Å². The van der Waals surface area contributed by atoms with Crippen molar-refractivity contribution in [1.82, 2.24) is 9.78 Å². The normalized spacial score (nSPS) is 13.4. The van der Waals surface area contributed by atoms with Crippen molar-refractivity contribution in [3.05, 3.63) is 46.3 Å². The van der Waals surface area contributed by atoms with Gasteiger partial charge in [-0.1, -0.05) is 0 Å². The Morgan fingerprint density at radius 1 is 1.36 bits per heavy atom. The van der Waals surface area contributed by atoms with Gasteiger partial charge < -0.3 is 9.47 Å². The molecule has 3 rings (SSSR count). The maximum absolute atomic E-state index is 14.3. The highest BCUT2D eigenvalue weighted by atomic mass is 32.2. The molecule has 0 saturated heterocycles. The first-order chi connectivity index (χ1) is 12.0. The minimum Gasteiger partial charge on any atom is -0.494 e. The molecule has 5 nitrogen and oxygen atoms in total. The third-order valence-corrected chi connectivity index (χ3v) is 4.99. The van der Waals surface area contributed by atoms with E-state index in [9.17, 15) is 13.6 Å². The molecular formula is C17H18F2N2O3S. The van der Waals surface area contributed by atoms with E-state index < -0.39 is 17.6 Å².